The van der Waals surface area contributed by atoms with E-state index in [4.69, 9.17) is 23.3 Å². The van der Waals surface area contributed by atoms with Crippen molar-refractivity contribution in [3.63, 3.8) is 0 Å². The highest BCUT2D eigenvalue weighted by Crippen LogP contribution is 2.43. The van der Waals surface area contributed by atoms with Crippen LogP contribution < -0.4 is 0 Å². The fourth-order valence-corrected chi connectivity index (χ4v) is 8.55. The lowest BCUT2D eigenvalue weighted by molar-refractivity contribution is -0.160. The minimum absolute atomic E-state index is 0.0645. The summed E-state index contributed by atoms with van der Waals surface area (Å²) in [5.74, 6) is -1.62. The monoisotopic (exact) mass is 1030 g/mol. The molecule has 0 aromatic rings. The molecule has 3 unspecified atom stereocenters. The molecule has 12 heteroatoms. The van der Waals surface area contributed by atoms with Crippen LogP contribution in [0, 0.1) is 0 Å². The number of unbranched alkanes of at least 4 members (excludes halogenated alkanes) is 25. The molecule has 0 rings (SSSR count). The Morgan fingerprint density at radius 2 is 0.792 bits per heavy atom. The van der Waals surface area contributed by atoms with Gasteiger partial charge in [-0.15, -0.1) is 0 Å². The van der Waals surface area contributed by atoms with Crippen molar-refractivity contribution >= 4 is 25.7 Å². The second-order valence-electron chi connectivity index (χ2n) is 19.1. The minimum atomic E-state index is -4.77. The molecule has 2 N–H and O–H groups in total. The van der Waals surface area contributed by atoms with Crippen LogP contribution in [0.15, 0.2) is 72.9 Å². The average molecular weight is 1030 g/mol. The van der Waals surface area contributed by atoms with Gasteiger partial charge in [-0.3, -0.25) is 23.4 Å². The molecule has 0 saturated heterocycles. The number of carbonyl (C=O) groups excluding carboxylic acids is 3. The van der Waals surface area contributed by atoms with Gasteiger partial charge in [0.1, 0.15) is 12.7 Å². The zero-order valence-electron chi connectivity index (χ0n) is 45.9. The lowest BCUT2D eigenvalue weighted by Gasteiger charge is -2.21. The number of rotatable bonds is 53. The Labute approximate surface area is 439 Å². The highest BCUT2D eigenvalue weighted by atomic mass is 31.2. The van der Waals surface area contributed by atoms with Crippen molar-refractivity contribution < 1.29 is 52.2 Å². The van der Waals surface area contributed by atoms with Gasteiger partial charge in [-0.1, -0.05) is 241 Å². The van der Waals surface area contributed by atoms with Crippen molar-refractivity contribution in [2.24, 2.45) is 0 Å². The number of aliphatic hydroxyl groups excluding tert-OH is 1. The second-order valence-corrected chi connectivity index (χ2v) is 20.5. The summed E-state index contributed by atoms with van der Waals surface area (Å²) in [4.78, 5) is 48.4. The van der Waals surface area contributed by atoms with Gasteiger partial charge in [-0.05, 0) is 64.2 Å². The molecular weight excluding hydrogens is 928 g/mol. The van der Waals surface area contributed by atoms with E-state index in [-0.39, 0.29) is 25.9 Å². The summed E-state index contributed by atoms with van der Waals surface area (Å²) >= 11 is 0. The van der Waals surface area contributed by atoms with E-state index in [1.165, 1.54) is 109 Å². The number of hydrogen-bond donors (Lipinski definition) is 2. The van der Waals surface area contributed by atoms with Gasteiger partial charge in [0.05, 0.1) is 26.2 Å². The first-order chi connectivity index (χ1) is 35.2. The number of aliphatic hydroxyl groups is 1. The van der Waals surface area contributed by atoms with E-state index >= 15 is 0 Å². The van der Waals surface area contributed by atoms with E-state index in [9.17, 15) is 28.9 Å². The van der Waals surface area contributed by atoms with Crippen LogP contribution in [0.25, 0.3) is 0 Å². The van der Waals surface area contributed by atoms with Crippen molar-refractivity contribution in [2.75, 3.05) is 26.4 Å². The standard InChI is InChI=1S/C60H105O11P/c1-4-7-10-13-16-19-22-24-26-27-28-29-31-32-35-37-40-43-46-49-58(62)67-53-57(71-60(64)51-48-45-42-39-36-33-30-25-23-20-17-14-11-8-5-2)55-69-72(65,66)68-54-56(52-61)70-59(63)50-47-44-41-38-34-21-18-15-12-9-6-3/h8,11,15,17-18,20,25,30,36,39,45,48,56-57,61H,4-7,9-10,12-14,16,19,21-24,26-29,31-35,37-38,40-44,46-47,49-55H2,1-3H3,(H,65,66)/b11-8-,18-15-,20-17-,30-25-,39-36-,48-45-. The third-order valence-electron chi connectivity index (χ3n) is 12.1. The molecule has 0 fully saturated rings. The molecule has 0 aliphatic carbocycles. The van der Waals surface area contributed by atoms with Gasteiger partial charge in [0.2, 0.25) is 0 Å². The first-order valence-corrected chi connectivity index (χ1v) is 30.3. The Bertz CT molecular complexity index is 1490. The van der Waals surface area contributed by atoms with Crippen LogP contribution >= 0.6 is 7.82 Å². The van der Waals surface area contributed by atoms with Crippen molar-refractivity contribution in [3.05, 3.63) is 72.9 Å². The highest BCUT2D eigenvalue weighted by Gasteiger charge is 2.28. The van der Waals surface area contributed by atoms with E-state index in [1.807, 2.05) is 12.2 Å². The molecule has 0 spiro atoms. The number of ether oxygens (including phenoxy) is 3. The fourth-order valence-electron chi connectivity index (χ4n) is 7.77. The van der Waals surface area contributed by atoms with Crippen LogP contribution in [0.1, 0.15) is 252 Å². The number of allylic oxidation sites excluding steroid dienone is 11. The number of hydrogen-bond acceptors (Lipinski definition) is 10. The molecule has 0 heterocycles. The molecule has 0 bridgehead atoms. The fraction of sp³-hybridized carbons (Fsp3) is 0.750. The summed E-state index contributed by atoms with van der Waals surface area (Å²) in [6, 6.07) is 0. The smallest absolute Gasteiger partial charge is 0.462 e. The first kappa shape index (κ1) is 68.9. The Morgan fingerprint density at radius 3 is 1.25 bits per heavy atom. The predicted octanol–water partition coefficient (Wildman–Crippen LogP) is 16.9. The van der Waals surface area contributed by atoms with Crippen molar-refractivity contribution in [1.29, 1.82) is 0 Å². The Kier molecular flexibility index (Phi) is 51.9. The summed E-state index contributed by atoms with van der Waals surface area (Å²) in [5, 5.41) is 9.78. The SMILES string of the molecule is CC/C=C\C/C=C\C/C=C\C/C=C\C/C=C\CC(=O)OC(COC(=O)CCCCCCCCCCCCCCCCCCCCC)COP(=O)(O)OCC(CO)OC(=O)CCCCCCC/C=C\CCCC. The minimum Gasteiger partial charge on any atom is -0.462 e. The molecule has 0 aliphatic heterocycles. The molecule has 0 aromatic heterocycles. The van der Waals surface area contributed by atoms with Gasteiger partial charge in [-0.2, -0.15) is 0 Å². The molecule has 0 amide bonds. The lowest BCUT2D eigenvalue weighted by atomic mass is 10.0. The Hall–Kier alpha value is -3.08. The van der Waals surface area contributed by atoms with Gasteiger partial charge in [0.15, 0.2) is 6.10 Å². The van der Waals surface area contributed by atoms with Crippen molar-refractivity contribution in [1.82, 2.24) is 0 Å². The zero-order valence-corrected chi connectivity index (χ0v) is 46.8. The summed E-state index contributed by atoms with van der Waals surface area (Å²) in [6.07, 6.45) is 60.5. The Morgan fingerprint density at radius 1 is 0.417 bits per heavy atom. The van der Waals surface area contributed by atoms with Crippen LogP contribution in [-0.4, -0.2) is 66.5 Å². The topological polar surface area (TPSA) is 155 Å². The number of carbonyl (C=O) groups is 3. The van der Waals surface area contributed by atoms with Gasteiger partial charge in [0, 0.05) is 12.8 Å². The molecule has 0 aliphatic rings. The van der Waals surface area contributed by atoms with Crippen LogP contribution in [0.3, 0.4) is 0 Å². The highest BCUT2D eigenvalue weighted by molar-refractivity contribution is 7.47. The normalized spacial score (nSPS) is 13.9. The maximum atomic E-state index is 12.9. The van der Waals surface area contributed by atoms with E-state index < -0.39 is 57.8 Å². The molecule has 72 heavy (non-hydrogen) atoms. The van der Waals surface area contributed by atoms with E-state index in [1.54, 1.807) is 6.08 Å². The molecule has 0 aromatic carbocycles. The molecule has 416 valence electrons. The van der Waals surface area contributed by atoms with Crippen LogP contribution in [0.5, 0.6) is 0 Å². The van der Waals surface area contributed by atoms with Gasteiger partial charge >= 0.3 is 25.7 Å². The summed E-state index contributed by atoms with van der Waals surface area (Å²) in [5.41, 5.74) is 0. The predicted molar refractivity (Wildman–Crippen MR) is 298 cm³/mol. The first-order valence-electron chi connectivity index (χ1n) is 28.8. The van der Waals surface area contributed by atoms with Crippen molar-refractivity contribution in [2.45, 2.75) is 264 Å². The van der Waals surface area contributed by atoms with Gasteiger partial charge < -0.3 is 24.2 Å². The molecule has 3 atom stereocenters. The van der Waals surface area contributed by atoms with Gasteiger partial charge in [0.25, 0.3) is 0 Å². The number of phosphoric acid groups is 1. The van der Waals surface area contributed by atoms with Crippen LogP contribution in [0.4, 0.5) is 0 Å². The van der Waals surface area contributed by atoms with E-state index in [2.05, 4.69) is 75.5 Å². The lowest BCUT2D eigenvalue weighted by Crippen LogP contribution is -2.30. The Balaban J connectivity index is 4.78. The third kappa shape index (κ3) is 51.8. The van der Waals surface area contributed by atoms with Crippen molar-refractivity contribution in [3.8, 4) is 0 Å². The summed E-state index contributed by atoms with van der Waals surface area (Å²) in [6.45, 7) is 4.39. The third-order valence-corrected chi connectivity index (χ3v) is 13.1. The summed E-state index contributed by atoms with van der Waals surface area (Å²) < 4.78 is 39.3. The summed E-state index contributed by atoms with van der Waals surface area (Å²) in [7, 11) is -4.77. The van der Waals surface area contributed by atoms with Crippen LogP contribution in [-0.2, 0) is 42.2 Å². The molecule has 0 saturated carbocycles. The zero-order chi connectivity index (χ0) is 52.7. The largest absolute Gasteiger partial charge is 0.472 e. The molecule has 0 radical (unpaired) electrons. The molecular formula is C60H105O11P. The maximum Gasteiger partial charge on any atom is 0.472 e. The number of phosphoric ester groups is 1. The number of esters is 3. The van der Waals surface area contributed by atoms with Gasteiger partial charge in [-0.25, -0.2) is 4.57 Å². The van der Waals surface area contributed by atoms with E-state index in [0.29, 0.717) is 19.3 Å². The van der Waals surface area contributed by atoms with Crippen LogP contribution in [0.2, 0.25) is 0 Å². The average Bonchev–Trinajstić information content (AvgIpc) is 3.37. The maximum absolute atomic E-state index is 12.9. The van der Waals surface area contributed by atoms with E-state index in [0.717, 1.165) is 83.5 Å². The second kappa shape index (κ2) is 54.2. The molecule has 11 nitrogen and oxygen atoms in total. The quantitative estimate of drug-likeness (QED) is 0.0197.